The van der Waals surface area contributed by atoms with Crippen LogP contribution in [0.1, 0.15) is 22.3 Å². The molecule has 0 radical (unpaired) electrons. The van der Waals surface area contributed by atoms with Crippen molar-refractivity contribution in [3.8, 4) is 11.8 Å². The van der Waals surface area contributed by atoms with Gasteiger partial charge >= 0.3 is 6.03 Å². The van der Waals surface area contributed by atoms with E-state index in [2.05, 4.69) is 22.5 Å². The van der Waals surface area contributed by atoms with E-state index in [4.69, 9.17) is 22.4 Å². The lowest BCUT2D eigenvalue weighted by molar-refractivity contribution is 0.0954. The van der Waals surface area contributed by atoms with Crippen molar-refractivity contribution in [2.75, 3.05) is 19.7 Å². The number of hydrogen-bond acceptors (Lipinski definition) is 3. The average Bonchev–Trinajstić information content (AvgIpc) is 2.45. The summed E-state index contributed by atoms with van der Waals surface area (Å²) in [5.74, 6) is 5.26. The molecule has 1 aromatic carbocycles. The van der Waals surface area contributed by atoms with Crippen LogP contribution in [0.15, 0.2) is 18.2 Å². The fourth-order valence-corrected chi connectivity index (χ4v) is 1.66. The quantitative estimate of drug-likeness (QED) is 0.469. The Kier molecular flexibility index (Phi) is 7.09. The Hall–Kier alpha value is -2.23. The number of urea groups is 1. The zero-order valence-corrected chi connectivity index (χ0v) is 12.0. The molecule has 3 amide bonds. The maximum Gasteiger partial charge on any atom is 0.312 e. The number of rotatable bonds is 5. The van der Waals surface area contributed by atoms with Gasteiger partial charge in [0.1, 0.15) is 0 Å². The maximum absolute atomic E-state index is 11.8. The smallest absolute Gasteiger partial charge is 0.312 e. The zero-order chi connectivity index (χ0) is 15.7. The molecule has 0 spiro atoms. The summed E-state index contributed by atoms with van der Waals surface area (Å²) in [4.78, 5) is 22.3. The van der Waals surface area contributed by atoms with Crippen molar-refractivity contribution in [3.05, 3.63) is 34.3 Å². The minimum absolute atomic E-state index is 0.00948. The first-order chi connectivity index (χ1) is 10.0. The molecule has 1 aromatic rings. The van der Waals surface area contributed by atoms with Crippen molar-refractivity contribution in [2.45, 2.75) is 6.42 Å². The number of carbonyl (C=O) groups excluding carboxylic acids is 2. The Morgan fingerprint density at radius 3 is 2.62 bits per heavy atom. The minimum atomic E-state index is -0.641. The number of carbonyl (C=O) groups is 2. The van der Waals surface area contributed by atoms with Crippen LogP contribution in [-0.4, -0.2) is 36.7 Å². The van der Waals surface area contributed by atoms with Gasteiger partial charge in [0.15, 0.2) is 0 Å². The van der Waals surface area contributed by atoms with Crippen LogP contribution in [0, 0.1) is 11.8 Å². The molecule has 0 saturated heterocycles. The van der Waals surface area contributed by atoms with Crippen LogP contribution in [-0.2, 0) is 0 Å². The number of hydrogen-bond donors (Lipinski definition) is 4. The van der Waals surface area contributed by atoms with E-state index in [1.54, 1.807) is 12.1 Å². The number of aliphatic hydroxyl groups is 1. The van der Waals surface area contributed by atoms with Gasteiger partial charge in [0.2, 0.25) is 0 Å². The average molecular weight is 310 g/mol. The first-order valence-corrected chi connectivity index (χ1v) is 6.63. The lowest BCUT2D eigenvalue weighted by Crippen LogP contribution is -2.37. The van der Waals surface area contributed by atoms with Crippen LogP contribution in [0.25, 0.3) is 0 Å². The highest BCUT2D eigenvalue weighted by atomic mass is 35.5. The van der Waals surface area contributed by atoms with Gasteiger partial charge in [-0.15, -0.1) is 0 Å². The van der Waals surface area contributed by atoms with Gasteiger partial charge < -0.3 is 21.5 Å². The summed E-state index contributed by atoms with van der Waals surface area (Å²) in [7, 11) is 0. The molecular formula is C14H16ClN3O3. The summed E-state index contributed by atoms with van der Waals surface area (Å²) in [6, 6.07) is 4.12. The number of amides is 3. The number of nitrogens with one attached hydrogen (secondary N) is 2. The molecule has 0 heterocycles. The molecule has 0 unspecified atom stereocenters. The summed E-state index contributed by atoms with van der Waals surface area (Å²) < 4.78 is 0. The lowest BCUT2D eigenvalue weighted by atomic mass is 10.1. The molecule has 112 valence electrons. The Morgan fingerprint density at radius 1 is 1.29 bits per heavy atom. The third-order valence-corrected chi connectivity index (χ3v) is 2.71. The van der Waals surface area contributed by atoms with Gasteiger partial charge in [-0.05, 0) is 18.2 Å². The van der Waals surface area contributed by atoms with Gasteiger partial charge in [0, 0.05) is 30.6 Å². The largest absolute Gasteiger partial charge is 0.395 e. The van der Waals surface area contributed by atoms with Crippen LogP contribution in [0.2, 0.25) is 5.02 Å². The molecule has 21 heavy (non-hydrogen) atoms. The Balaban J connectivity index is 2.60. The molecule has 6 nitrogen and oxygen atoms in total. The summed E-state index contributed by atoms with van der Waals surface area (Å²) >= 11 is 6.04. The lowest BCUT2D eigenvalue weighted by Gasteiger charge is -2.06. The zero-order valence-electron chi connectivity index (χ0n) is 11.3. The highest BCUT2D eigenvalue weighted by molar-refractivity contribution is 6.32. The second-order valence-electron chi connectivity index (χ2n) is 4.02. The van der Waals surface area contributed by atoms with Gasteiger partial charge in [0.05, 0.1) is 11.6 Å². The molecule has 5 N–H and O–H groups in total. The van der Waals surface area contributed by atoms with E-state index < -0.39 is 6.03 Å². The molecule has 7 heteroatoms. The summed E-state index contributed by atoms with van der Waals surface area (Å²) in [6.45, 7) is 0.501. The standard InChI is InChI=1S/C14H16ClN3O3/c15-12-9-11(5-4-10(12)3-1-2-8-19)13(20)17-6-7-18-14(16)21/h4-5,9,19H,2,6-8H2,(H,17,20)(H3,16,18,21). The maximum atomic E-state index is 11.8. The van der Waals surface area contributed by atoms with Crippen LogP contribution < -0.4 is 16.4 Å². The van der Waals surface area contributed by atoms with Gasteiger partial charge in [-0.25, -0.2) is 4.79 Å². The van der Waals surface area contributed by atoms with Crippen molar-refractivity contribution in [1.82, 2.24) is 10.6 Å². The number of benzene rings is 1. The fraction of sp³-hybridized carbons (Fsp3) is 0.286. The Morgan fingerprint density at radius 2 is 2.00 bits per heavy atom. The summed E-state index contributed by atoms with van der Waals surface area (Å²) in [5.41, 5.74) is 5.89. The van der Waals surface area contributed by atoms with Gasteiger partial charge in [0.25, 0.3) is 5.91 Å². The van der Waals surface area contributed by atoms with Gasteiger partial charge in [-0.3, -0.25) is 4.79 Å². The second kappa shape index (κ2) is 8.84. The van der Waals surface area contributed by atoms with Gasteiger partial charge in [-0.1, -0.05) is 23.4 Å². The molecule has 0 saturated carbocycles. The molecule has 0 bridgehead atoms. The molecule has 0 aromatic heterocycles. The van der Waals surface area contributed by atoms with Gasteiger partial charge in [-0.2, -0.15) is 0 Å². The Labute approximate surface area is 127 Å². The summed E-state index contributed by atoms with van der Waals surface area (Å²) in [6.07, 6.45) is 0.366. The first-order valence-electron chi connectivity index (χ1n) is 6.25. The third kappa shape index (κ3) is 6.17. The highest BCUT2D eigenvalue weighted by Gasteiger charge is 2.07. The SMILES string of the molecule is NC(=O)NCCNC(=O)c1ccc(C#CCCO)c(Cl)c1. The van der Waals surface area contributed by atoms with Crippen molar-refractivity contribution < 1.29 is 14.7 Å². The molecule has 1 rings (SSSR count). The van der Waals surface area contributed by atoms with E-state index in [0.29, 0.717) is 22.6 Å². The second-order valence-corrected chi connectivity index (χ2v) is 4.42. The highest BCUT2D eigenvalue weighted by Crippen LogP contribution is 2.17. The third-order valence-electron chi connectivity index (χ3n) is 2.40. The molecule has 0 atom stereocenters. The van der Waals surface area contributed by atoms with Crippen molar-refractivity contribution in [1.29, 1.82) is 0 Å². The topological polar surface area (TPSA) is 104 Å². The van der Waals surface area contributed by atoms with Crippen LogP contribution in [0.4, 0.5) is 4.79 Å². The van der Waals surface area contributed by atoms with Crippen LogP contribution in [0.3, 0.4) is 0 Å². The van der Waals surface area contributed by atoms with E-state index >= 15 is 0 Å². The molecule has 0 aliphatic rings. The van der Waals surface area contributed by atoms with E-state index in [-0.39, 0.29) is 25.6 Å². The number of aliphatic hydroxyl groups excluding tert-OH is 1. The molecule has 0 aliphatic carbocycles. The molecule has 0 fully saturated rings. The number of primary amides is 1. The number of nitrogens with two attached hydrogens (primary N) is 1. The van der Waals surface area contributed by atoms with E-state index in [9.17, 15) is 9.59 Å². The van der Waals surface area contributed by atoms with E-state index in [1.807, 2.05) is 0 Å². The Bertz CT molecular complexity index is 579. The predicted octanol–water partition coefficient (Wildman–Crippen LogP) is 0.472. The molecular weight excluding hydrogens is 294 g/mol. The molecule has 0 aliphatic heterocycles. The first kappa shape index (κ1) is 16.8. The monoisotopic (exact) mass is 309 g/mol. The van der Waals surface area contributed by atoms with E-state index in [1.165, 1.54) is 6.07 Å². The summed E-state index contributed by atoms with van der Waals surface area (Å²) in [5, 5.41) is 14.0. The number of halogens is 1. The van der Waals surface area contributed by atoms with Crippen LogP contribution in [0.5, 0.6) is 0 Å². The normalized spacial score (nSPS) is 9.43. The van der Waals surface area contributed by atoms with Crippen molar-refractivity contribution in [2.24, 2.45) is 5.73 Å². The van der Waals surface area contributed by atoms with Crippen LogP contribution >= 0.6 is 11.6 Å². The van der Waals surface area contributed by atoms with Crippen molar-refractivity contribution in [3.63, 3.8) is 0 Å². The fourth-order valence-electron chi connectivity index (χ4n) is 1.44. The predicted molar refractivity (Wildman–Crippen MR) is 80.0 cm³/mol. The van der Waals surface area contributed by atoms with E-state index in [0.717, 1.165) is 0 Å². The minimum Gasteiger partial charge on any atom is -0.395 e. The van der Waals surface area contributed by atoms with Crippen molar-refractivity contribution >= 4 is 23.5 Å².